The Morgan fingerprint density at radius 2 is 1.27 bits per heavy atom. The molecule has 0 atom stereocenters. The van der Waals surface area contributed by atoms with Gasteiger partial charge in [0.2, 0.25) is 0 Å². The van der Waals surface area contributed by atoms with Crippen molar-refractivity contribution in [1.29, 1.82) is 0 Å². The van der Waals surface area contributed by atoms with Gasteiger partial charge in [-0.25, -0.2) is 9.97 Å². The van der Waals surface area contributed by atoms with Gasteiger partial charge in [-0.3, -0.25) is 0 Å². The highest BCUT2D eigenvalue weighted by atomic mass is 15.1. The monoisotopic (exact) mass is 288 g/mol. The summed E-state index contributed by atoms with van der Waals surface area (Å²) in [4.78, 5) is 9.94. The summed E-state index contributed by atoms with van der Waals surface area (Å²) in [5.41, 5.74) is 4.85. The van der Waals surface area contributed by atoms with Crippen LogP contribution in [0.25, 0.3) is 32.8 Å². The molecule has 0 bridgehead atoms. The molecular formula is C18H16N4. The molecule has 4 heterocycles. The second kappa shape index (κ2) is 3.69. The lowest BCUT2D eigenvalue weighted by Crippen LogP contribution is -1.91. The molecular weight excluding hydrogens is 272 g/mol. The molecule has 4 aromatic rings. The predicted octanol–water partition coefficient (Wildman–Crippen LogP) is 3.43. The third kappa shape index (κ3) is 1.21. The van der Waals surface area contributed by atoms with Gasteiger partial charge in [0, 0.05) is 31.3 Å². The van der Waals surface area contributed by atoms with Gasteiger partial charge in [0.15, 0.2) is 0 Å². The molecule has 0 radical (unpaired) electrons. The number of hydrogen-bond donors (Lipinski definition) is 0. The maximum Gasteiger partial charge on any atom is 0.109 e. The summed E-state index contributed by atoms with van der Waals surface area (Å²) >= 11 is 0. The zero-order valence-electron chi connectivity index (χ0n) is 12.3. The molecule has 0 N–H and O–H groups in total. The minimum atomic E-state index is 1.10. The van der Waals surface area contributed by atoms with E-state index in [0.717, 1.165) is 37.0 Å². The Morgan fingerprint density at radius 3 is 1.82 bits per heavy atom. The molecule has 4 nitrogen and oxygen atoms in total. The third-order valence-corrected chi connectivity index (χ3v) is 5.34. The second-order valence-electron chi connectivity index (χ2n) is 6.53. The van der Waals surface area contributed by atoms with Crippen LogP contribution in [-0.2, 0) is 25.9 Å². The maximum absolute atomic E-state index is 4.97. The van der Waals surface area contributed by atoms with Gasteiger partial charge in [-0.2, -0.15) is 0 Å². The molecule has 2 aromatic carbocycles. The summed E-state index contributed by atoms with van der Waals surface area (Å²) in [7, 11) is 0. The van der Waals surface area contributed by atoms with E-state index in [2.05, 4.69) is 33.4 Å². The van der Waals surface area contributed by atoms with E-state index in [9.17, 15) is 0 Å². The largest absolute Gasteiger partial charge is 0.328 e. The number of rotatable bonds is 0. The summed E-state index contributed by atoms with van der Waals surface area (Å²) < 4.78 is 4.77. The highest BCUT2D eigenvalue weighted by Crippen LogP contribution is 2.35. The number of benzene rings is 2. The van der Waals surface area contributed by atoms with Gasteiger partial charge in [0.1, 0.15) is 11.6 Å². The Bertz CT molecular complexity index is 1000. The van der Waals surface area contributed by atoms with Crippen LogP contribution in [0, 0.1) is 0 Å². The average molecular weight is 288 g/mol. The van der Waals surface area contributed by atoms with Crippen LogP contribution in [0.3, 0.4) is 0 Å². The van der Waals surface area contributed by atoms with Crippen molar-refractivity contribution in [3.8, 4) is 0 Å². The van der Waals surface area contributed by atoms with Crippen molar-refractivity contribution in [2.75, 3.05) is 0 Å². The fraction of sp³-hybridized carbons (Fsp3) is 0.333. The molecule has 0 fully saturated rings. The van der Waals surface area contributed by atoms with Crippen molar-refractivity contribution < 1.29 is 0 Å². The zero-order valence-corrected chi connectivity index (χ0v) is 12.3. The molecule has 108 valence electrons. The van der Waals surface area contributed by atoms with Gasteiger partial charge in [0.25, 0.3) is 0 Å². The van der Waals surface area contributed by atoms with Crippen LogP contribution in [0.5, 0.6) is 0 Å². The number of fused-ring (bicyclic) bond motifs is 9. The van der Waals surface area contributed by atoms with Crippen molar-refractivity contribution in [3.05, 3.63) is 35.9 Å². The number of hydrogen-bond acceptors (Lipinski definition) is 2. The van der Waals surface area contributed by atoms with Gasteiger partial charge >= 0.3 is 0 Å². The molecule has 0 saturated heterocycles. The van der Waals surface area contributed by atoms with Gasteiger partial charge in [0.05, 0.1) is 22.1 Å². The van der Waals surface area contributed by atoms with E-state index >= 15 is 0 Å². The van der Waals surface area contributed by atoms with E-state index in [0.29, 0.717) is 0 Å². The molecule has 0 saturated carbocycles. The van der Waals surface area contributed by atoms with Crippen molar-refractivity contribution >= 4 is 32.8 Å². The topological polar surface area (TPSA) is 35.6 Å². The Morgan fingerprint density at radius 1 is 0.727 bits per heavy atom. The summed E-state index contributed by atoms with van der Waals surface area (Å²) in [6.07, 6.45) is 4.65. The Labute approximate surface area is 127 Å². The quantitative estimate of drug-likeness (QED) is 0.497. The van der Waals surface area contributed by atoms with Crippen LogP contribution in [0.4, 0.5) is 0 Å². The first-order chi connectivity index (χ1) is 10.9. The summed E-state index contributed by atoms with van der Waals surface area (Å²) in [5, 5.41) is 2.51. The van der Waals surface area contributed by atoms with Crippen LogP contribution in [0.2, 0.25) is 0 Å². The average Bonchev–Trinajstić information content (AvgIpc) is 3.25. The first-order valence-electron chi connectivity index (χ1n) is 8.20. The van der Waals surface area contributed by atoms with Gasteiger partial charge in [-0.05, 0) is 30.4 Å². The molecule has 4 heteroatoms. The van der Waals surface area contributed by atoms with E-state index in [4.69, 9.17) is 9.97 Å². The molecule has 0 spiro atoms. The lowest BCUT2D eigenvalue weighted by atomic mass is 10.1. The molecule has 0 unspecified atom stereocenters. The highest BCUT2D eigenvalue weighted by molar-refractivity contribution is 6.16. The summed E-state index contributed by atoms with van der Waals surface area (Å²) in [6.45, 7) is 2.21. The van der Waals surface area contributed by atoms with Gasteiger partial charge < -0.3 is 9.13 Å². The van der Waals surface area contributed by atoms with E-state index in [1.807, 2.05) is 0 Å². The summed E-state index contributed by atoms with van der Waals surface area (Å²) in [5.74, 6) is 2.48. The Kier molecular flexibility index (Phi) is 1.89. The molecule has 2 aliphatic rings. The van der Waals surface area contributed by atoms with E-state index in [-0.39, 0.29) is 0 Å². The minimum Gasteiger partial charge on any atom is -0.328 e. The van der Waals surface area contributed by atoms with Crippen molar-refractivity contribution in [2.45, 2.75) is 38.8 Å². The van der Waals surface area contributed by atoms with E-state index < -0.39 is 0 Å². The standard InChI is InChI=1S/C18H16N4/c1-3-14-19-17-12(21(14)9-1)7-5-11-6-8-13-18(16(11)17)20-15-4-2-10-22(13)15/h5-8H,1-4,9-10H2. The third-order valence-electron chi connectivity index (χ3n) is 5.34. The lowest BCUT2D eigenvalue weighted by molar-refractivity contribution is 0.771. The van der Waals surface area contributed by atoms with Crippen molar-refractivity contribution in [2.24, 2.45) is 0 Å². The van der Waals surface area contributed by atoms with Crippen LogP contribution in [-0.4, -0.2) is 19.1 Å². The zero-order chi connectivity index (χ0) is 14.3. The predicted molar refractivity (Wildman–Crippen MR) is 87.2 cm³/mol. The Hall–Kier alpha value is -2.36. The molecule has 0 aliphatic carbocycles. The fourth-order valence-electron chi connectivity index (χ4n) is 4.35. The smallest absolute Gasteiger partial charge is 0.109 e. The summed E-state index contributed by atoms with van der Waals surface area (Å²) in [6, 6.07) is 8.92. The van der Waals surface area contributed by atoms with Crippen LogP contribution in [0.1, 0.15) is 24.5 Å². The van der Waals surface area contributed by atoms with Crippen molar-refractivity contribution in [3.63, 3.8) is 0 Å². The van der Waals surface area contributed by atoms with Crippen LogP contribution >= 0.6 is 0 Å². The fourth-order valence-corrected chi connectivity index (χ4v) is 4.35. The number of imidazole rings is 2. The van der Waals surface area contributed by atoms with Crippen LogP contribution < -0.4 is 0 Å². The molecule has 6 rings (SSSR count). The Balaban J connectivity index is 1.85. The minimum absolute atomic E-state index is 1.10. The van der Waals surface area contributed by atoms with E-state index in [1.165, 1.54) is 46.3 Å². The molecule has 22 heavy (non-hydrogen) atoms. The van der Waals surface area contributed by atoms with Crippen LogP contribution in [0.15, 0.2) is 24.3 Å². The highest BCUT2D eigenvalue weighted by Gasteiger charge is 2.21. The van der Waals surface area contributed by atoms with E-state index in [1.54, 1.807) is 0 Å². The number of nitrogens with zero attached hydrogens (tertiary/aromatic N) is 4. The first kappa shape index (κ1) is 11.2. The molecule has 2 aliphatic heterocycles. The number of aromatic nitrogens is 4. The van der Waals surface area contributed by atoms with Gasteiger partial charge in [-0.15, -0.1) is 0 Å². The van der Waals surface area contributed by atoms with Crippen molar-refractivity contribution in [1.82, 2.24) is 19.1 Å². The molecule has 2 aromatic heterocycles. The van der Waals surface area contributed by atoms with Gasteiger partial charge in [-0.1, -0.05) is 12.1 Å². The SMILES string of the molecule is c1cc2c(nc3n2CCC3)c2c1ccc1c2nc2n1CCC2. The first-order valence-corrected chi connectivity index (χ1v) is 8.20. The number of aryl methyl sites for hydroxylation is 4. The maximum atomic E-state index is 4.97. The second-order valence-corrected chi connectivity index (χ2v) is 6.53. The molecule has 0 amide bonds. The normalized spacial score (nSPS) is 16.9. The lowest BCUT2D eigenvalue weighted by Gasteiger charge is -2.04.